The lowest BCUT2D eigenvalue weighted by molar-refractivity contribution is 0.405. The van der Waals surface area contributed by atoms with Gasteiger partial charge in [-0.05, 0) is 39.5 Å². The number of hydrogen-bond acceptors (Lipinski definition) is 4. The molecule has 0 fully saturated rings. The minimum Gasteiger partial charge on any atom is -0.385 e. The van der Waals surface area contributed by atoms with Gasteiger partial charge in [-0.15, -0.1) is 0 Å². The Morgan fingerprint density at radius 1 is 1.24 bits per heavy atom. The quantitative estimate of drug-likeness (QED) is 0.679. The van der Waals surface area contributed by atoms with Crippen molar-refractivity contribution < 1.29 is 0 Å². The zero-order valence-electron chi connectivity index (χ0n) is 11.2. The highest BCUT2D eigenvalue weighted by atomic mass is 15.1. The monoisotopic (exact) mass is 236 g/mol. The molecule has 17 heavy (non-hydrogen) atoms. The number of pyridine rings is 1. The third-order valence-corrected chi connectivity index (χ3v) is 2.43. The second-order valence-corrected chi connectivity index (χ2v) is 4.44. The first-order chi connectivity index (χ1) is 8.22. The maximum atomic E-state index is 4.27. The van der Waals surface area contributed by atoms with Gasteiger partial charge >= 0.3 is 0 Å². The van der Waals surface area contributed by atoms with Crippen LogP contribution in [0, 0.1) is 0 Å². The van der Waals surface area contributed by atoms with Crippen LogP contribution in [0.15, 0.2) is 18.3 Å². The SMILES string of the molecule is CCCNc1cc(NCCCN(C)C)ccn1. The molecule has 0 amide bonds. The predicted octanol–water partition coefficient (Wildman–Crippen LogP) is 2.27. The lowest BCUT2D eigenvalue weighted by Crippen LogP contribution is -2.16. The van der Waals surface area contributed by atoms with Crippen LogP contribution < -0.4 is 10.6 Å². The van der Waals surface area contributed by atoms with Gasteiger partial charge in [-0.25, -0.2) is 4.98 Å². The van der Waals surface area contributed by atoms with Crippen molar-refractivity contribution in [2.75, 3.05) is 44.4 Å². The average molecular weight is 236 g/mol. The Labute approximate surface area is 104 Å². The summed E-state index contributed by atoms with van der Waals surface area (Å²) in [5, 5.41) is 6.69. The van der Waals surface area contributed by atoms with Gasteiger partial charge in [0.15, 0.2) is 0 Å². The van der Waals surface area contributed by atoms with Crippen molar-refractivity contribution >= 4 is 11.5 Å². The lowest BCUT2D eigenvalue weighted by Gasteiger charge is -2.11. The fourth-order valence-electron chi connectivity index (χ4n) is 1.52. The molecule has 0 unspecified atom stereocenters. The average Bonchev–Trinajstić information content (AvgIpc) is 2.32. The second kappa shape index (κ2) is 7.90. The Kier molecular flexibility index (Phi) is 6.40. The summed E-state index contributed by atoms with van der Waals surface area (Å²) in [6.07, 6.45) is 4.10. The van der Waals surface area contributed by atoms with Crippen LogP contribution in [0.3, 0.4) is 0 Å². The molecule has 0 aliphatic carbocycles. The van der Waals surface area contributed by atoms with Crippen molar-refractivity contribution in [3.05, 3.63) is 18.3 Å². The summed E-state index contributed by atoms with van der Waals surface area (Å²) in [6.45, 7) is 5.22. The van der Waals surface area contributed by atoms with Gasteiger partial charge in [0, 0.05) is 31.0 Å². The third-order valence-electron chi connectivity index (χ3n) is 2.43. The first kappa shape index (κ1) is 13.8. The molecule has 96 valence electrons. The molecule has 0 atom stereocenters. The van der Waals surface area contributed by atoms with E-state index in [1.165, 1.54) is 0 Å². The molecule has 0 saturated heterocycles. The molecule has 0 aliphatic heterocycles. The summed E-state index contributed by atoms with van der Waals surface area (Å²) >= 11 is 0. The minimum atomic E-state index is 0.949. The Morgan fingerprint density at radius 3 is 2.76 bits per heavy atom. The number of rotatable bonds is 8. The van der Waals surface area contributed by atoms with Crippen molar-refractivity contribution in [1.29, 1.82) is 0 Å². The zero-order valence-corrected chi connectivity index (χ0v) is 11.2. The Balaban J connectivity index is 2.32. The maximum Gasteiger partial charge on any atom is 0.127 e. The molecule has 2 N–H and O–H groups in total. The van der Waals surface area contributed by atoms with Crippen LogP contribution >= 0.6 is 0 Å². The highest BCUT2D eigenvalue weighted by Gasteiger charge is 1.96. The molecular formula is C13H24N4. The van der Waals surface area contributed by atoms with Gasteiger partial charge in [0.2, 0.25) is 0 Å². The smallest absolute Gasteiger partial charge is 0.127 e. The van der Waals surface area contributed by atoms with E-state index in [2.05, 4.69) is 47.6 Å². The van der Waals surface area contributed by atoms with Crippen molar-refractivity contribution in [2.45, 2.75) is 19.8 Å². The van der Waals surface area contributed by atoms with E-state index in [-0.39, 0.29) is 0 Å². The largest absolute Gasteiger partial charge is 0.385 e. The molecule has 1 aromatic rings. The van der Waals surface area contributed by atoms with Crippen LogP contribution in [-0.2, 0) is 0 Å². The number of anilines is 2. The molecule has 0 spiro atoms. The molecule has 1 heterocycles. The van der Waals surface area contributed by atoms with Crippen molar-refractivity contribution in [3.63, 3.8) is 0 Å². The standard InChI is InChI=1S/C13H24N4/c1-4-7-15-13-11-12(6-9-16-13)14-8-5-10-17(2)3/h6,9,11H,4-5,7-8,10H2,1-3H3,(H2,14,15,16). The minimum absolute atomic E-state index is 0.949. The first-order valence-electron chi connectivity index (χ1n) is 6.31. The lowest BCUT2D eigenvalue weighted by atomic mass is 10.3. The van der Waals surface area contributed by atoms with Crippen LogP contribution in [0.4, 0.5) is 11.5 Å². The van der Waals surface area contributed by atoms with E-state index < -0.39 is 0 Å². The van der Waals surface area contributed by atoms with E-state index in [4.69, 9.17) is 0 Å². The van der Waals surface area contributed by atoms with Gasteiger partial charge in [-0.3, -0.25) is 0 Å². The van der Waals surface area contributed by atoms with E-state index in [1.807, 2.05) is 12.3 Å². The Hall–Kier alpha value is -1.29. The topological polar surface area (TPSA) is 40.2 Å². The molecule has 4 heteroatoms. The molecule has 1 rings (SSSR count). The summed E-state index contributed by atoms with van der Waals surface area (Å²) in [5.74, 6) is 0.949. The second-order valence-electron chi connectivity index (χ2n) is 4.44. The van der Waals surface area contributed by atoms with Gasteiger partial charge < -0.3 is 15.5 Å². The summed E-state index contributed by atoms with van der Waals surface area (Å²) < 4.78 is 0. The predicted molar refractivity (Wildman–Crippen MR) is 74.7 cm³/mol. The van der Waals surface area contributed by atoms with Crippen LogP contribution in [0.2, 0.25) is 0 Å². The van der Waals surface area contributed by atoms with E-state index in [0.717, 1.165) is 44.0 Å². The van der Waals surface area contributed by atoms with Crippen LogP contribution in [0.25, 0.3) is 0 Å². The van der Waals surface area contributed by atoms with Crippen LogP contribution in [0.1, 0.15) is 19.8 Å². The number of nitrogens with one attached hydrogen (secondary N) is 2. The van der Waals surface area contributed by atoms with Crippen molar-refractivity contribution in [2.24, 2.45) is 0 Å². The highest BCUT2D eigenvalue weighted by molar-refractivity contribution is 5.51. The summed E-state index contributed by atoms with van der Waals surface area (Å²) in [7, 11) is 4.19. The van der Waals surface area contributed by atoms with Gasteiger partial charge in [-0.2, -0.15) is 0 Å². The summed E-state index contributed by atoms with van der Waals surface area (Å²) in [4.78, 5) is 6.47. The molecule has 0 radical (unpaired) electrons. The van der Waals surface area contributed by atoms with E-state index >= 15 is 0 Å². The van der Waals surface area contributed by atoms with Gasteiger partial charge in [0.25, 0.3) is 0 Å². The van der Waals surface area contributed by atoms with Crippen LogP contribution in [-0.4, -0.2) is 43.6 Å². The van der Waals surface area contributed by atoms with Crippen molar-refractivity contribution in [3.8, 4) is 0 Å². The molecule has 4 nitrogen and oxygen atoms in total. The third kappa shape index (κ3) is 6.12. The van der Waals surface area contributed by atoms with E-state index in [9.17, 15) is 0 Å². The van der Waals surface area contributed by atoms with E-state index in [0.29, 0.717) is 0 Å². The normalized spacial score (nSPS) is 10.6. The summed E-state index contributed by atoms with van der Waals surface area (Å²) in [5.41, 5.74) is 1.14. The maximum absolute atomic E-state index is 4.27. The zero-order chi connectivity index (χ0) is 12.5. The van der Waals surface area contributed by atoms with E-state index in [1.54, 1.807) is 0 Å². The number of nitrogens with zero attached hydrogens (tertiary/aromatic N) is 2. The molecule has 0 aliphatic rings. The molecule has 0 bridgehead atoms. The summed E-state index contributed by atoms with van der Waals surface area (Å²) in [6, 6.07) is 4.07. The molecule has 0 saturated carbocycles. The van der Waals surface area contributed by atoms with Gasteiger partial charge in [-0.1, -0.05) is 6.92 Å². The van der Waals surface area contributed by atoms with Crippen molar-refractivity contribution in [1.82, 2.24) is 9.88 Å². The first-order valence-corrected chi connectivity index (χ1v) is 6.31. The molecular weight excluding hydrogens is 212 g/mol. The fraction of sp³-hybridized carbons (Fsp3) is 0.615. The highest BCUT2D eigenvalue weighted by Crippen LogP contribution is 2.11. The Morgan fingerprint density at radius 2 is 2.06 bits per heavy atom. The molecule has 0 aromatic carbocycles. The fourth-order valence-corrected chi connectivity index (χ4v) is 1.52. The molecule has 1 aromatic heterocycles. The number of hydrogen-bond donors (Lipinski definition) is 2. The van der Waals surface area contributed by atoms with Crippen LogP contribution in [0.5, 0.6) is 0 Å². The number of aromatic nitrogens is 1. The Bertz CT molecular complexity index is 312. The van der Waals surface area contributed by atoms with Gasteiger partial charge in [0.05, 0.1) is 0 Å². The van der Waals surface area contributed by atoms with Gasteiger partial charge in [0.1, 0.15) is 5.82 Å².